The van der Waals surface area contributed by atoms with Crippen molar-refractivity contribution in [3.8, 4) is 0 Å². The molecule has 1 saturated carbocycles. The molecule has 0 atom stereocenters. The lowest BCUT2D eigenvalue weighted by Crippen LogP contribution is -2.16. The van der Waals surface area contributed by atoms with Crippen LogP contribution in [0, 0.1) is 13.8 Å². The number of hydrogen-bond acceptors (Lipinski definition) is 3. The average molecular weight is 261 g/mol. The Morgan fingerprint density at radius 1 is 1.44 bits per heavy atom. The van der Waals surface area contributed by atoms with E-state index in [4.69, 9.17) is 0 Å². The van der Waals surface area contributed by atoms with Gasteiger partial charge in [-0.05, 0) is 38.1 Å². The number of hydrogen-bond donors (Lipinski definition) is 1. The maximum atomic E-state index is 4.67. The number of aromatic nitrogens is 2. The first-order chi connectivity index (χ1) is 8.74. The monoisotopic (exact) mass is 261 g/mol. The minimum absolute atomic E-state index is 0.754. The zero-order valence-electron chi connectivity index (χ0n) is 10.9. The van der Waals surface area contributed by atoms with Gasteiger partial charge in [0.25, 0.3) is 0 Å². The van der Waals surface area contributed by atoms with Crippen molar-refractivity contribution in [1.82, 2.24) is 15.1 Å². The zero-order chi connectivity index (χ0) is 12.5. The topological polar surface area (TPSA) is 29.9 Å². The van der Waals surface area contributed by atoms with E-state index in [0.29, 0.717) is 0 Å². The first kappa shape index (κ1) is 11.9. The second kappa shape index (κ2) is 4.86. The van der Waals surface area contributed by atoms with Crippen LogP contribution >= 0.6 is 11.3 Å². The molecular formula is C14H19N3S. The summed E-state index contributed by atoms with van der Waals surface area (Å²) in [7, 11) is 0. The highest BCUT2D eigenvalue weighted by molar-refractivity contribution is 7.09. The minimum atomic E-state index is 0.754. The zero-order valence-corrected chi connectivity index (χ0v) is 11.8. The Morgan fingerprint density at radius 3 is 2.94 bits per heavy atom. The molecule has 0 unspecified atom stereocenters. The van der Waals surface area contributed by atoms with Gasteiger partial charge >= 0.3 is 0 Å². The fraction of sp³-hybridized carbons (Fsp3) is 0.500. The molecule has 0 bridgehead atoms. The van der Waals surface area contributed by atoms with Crippen molar-refractivity contribution in [2.24, 2.45) is 0 Å². The molecule has 0 aliphatic heterocycles. The van der Waals surface area contributed by atoms with Crippen molar-refractivity contribution in [3.63, 3.8) is 0 Å². The summed E-state index contributed by atoms with van der Waals surface area (Å²) in [5.74, 6) is 0. The second-order valence-electron chi connectivity index (χ2n) is 5.04. The van der Waals surface area contributed by atoms with Crippen LogP contribution in [-0.4, -0.2) is 15.8 Å². The molecule has 3 rings (SSSR count). The molecule has 0 radical (unpaired) electrons. The third kappa shape index (κ3) is 2.49. The predicted octanol–water partition coefficient (Wildman–Crippen LogP) is 2.86. The third-order valence-corrected chi connectivity index (χ3v) is 4.42. The van der Waals surface area contributed by atoms with Crippen LogP contribution in [0.1, 0.15) is 34.7 Å². The van der Waals surface area contributed by atoms with E-state index in [1.807, 2.05) is 0 Å². The first-order valence-electron chi connectivity index (χ1n) is 6.52. The van der Waals surface area contributed by atoms with Crippen LogP contribution in [0.3, 0.4) is 0 Å². The van der Waals surface area contributed by atoms with Crippen molar-refractivity contribution < 1.29 is 0 Å². The molecule has 1 aliphatic rings. The van der Waals surface area contributed by atoms with E-state index in [1.165, 1.54) is 29.0 Å². The van der Waals surface area contributed by atoms with E-state index < -0.39 is 0 Å². The van der Waals surface area contributed by atoms with E-state index in [2.05, 4.69) is 46.5 Å². The van der Waals surface area contributed by atoms with Crippen molar-refractivity contribution in [2.75, 3.05) is 0 Å². The SMILES string of the molecule is Cc1nn(Cc2cccs2)c(C)c1CNC1CC1. The summed E-state index contributed by atoms with van der Waals surface area (Å²) >= 11 is 1.79. The number of aryl methyl sites for hydroxylation is 1. The summed E-state index contributed by atoms with van der Waals surface area (Å²) < 4.78 is 2.13. The Balaban J connectivity index is 1.75. The molecule has 2 heterocycles. The summed E-state index contributed by atoms with van der Waals surface area (Å²) in [5.41, 5.74) is 3.84. The number of nitrogens with zero attached hydrogens (tertiary/aromatic N) is 2. The van der Waals surface area contributed by atoms with Gasteiger partial charge in [0.2, 0.25) is 0 Å². The van der Waals surface area contributed by atoms with E-state index >= 15 is 0 Å². The third-order valence-electron chi connectivity index (χ3n) is 3.56. The summed E-state index contributed by atoms with van der Waals surface area (Å²) in [6.45, 7) is 6.15. The normalized spacial score (nSPS) is 15.2. The van der Waals surface area contributed by atoms with Gasteiger partial charge in [0.05, 0.1) is 12.2 Å². The van der Waals surface area contributed by atoms with Crippen LogP contribution < -0.4 is 5.32 Å². The summed E-state index contributed by atoms with van der Waals surface area (Å²) in [6.07, 6.45) is 2.67. The van der Waals surface area contributed by atoms with Gasteiger partial charge in [0, 0.05) is 28.7 Å². The van der Waals surface area contributed by atoms with Gasteiger partial charge in [-0.15, -0.1) is 11.3 Å². The van der Waals surface area contributed by atoms with E-state index in [9.17, 15) is 0 Å². The fourth-order valence-corrected chi connectivity index (χ4v) is 2.91. The van der Waals surface area contributed by atoms with Gasteiger partial charge in [-0.2, -0.15) is 5.10 Å². The minimum Gasteiger partial charge on any atom is -0.310 e. The molecule has 1 aliphatic carbocycles. The Kier molecular flexibility index (Phi) is 3.22. The highest BCUT2D eigenvalue weighted by atomic mass is 32.1. The average Bonchev–Trinajstić information content (AvgIpc) is 2.96. The maximum absolute atomic E-state index is 4.67. The maximum Gasteiger partial charge on any atom is 0.0755 e. The smallest absolute Gasteiger partial charge is 0.0755 e. The predicted molar refractivity (Wildman–Crippen MR) is 75.0 cm³/mol. The fourth-order valence-electron chi connectivity index (χ4n) is 2.23. The van der Waals surface area contributed by atoms with Gasteiger partial charge in [0.1, 0.15) is 0 Å². The highest BCUT2D eigenvalue weighted by Gasteiger charge is 2.21. The molecule has 0 saturated heterocycles. The van der Waals surface area contributed by atoms with Gasteiger partial charge in [-0.25, -0.2) is 0 Å². The molecule has 0 aromatic carbocycles. The first-order valence-corrected chi connectivity index (χ1v) is 7.40. The van der Waals surface area contributed by atoms with Gasteiger partial charge in [-0.1, -0.05) is 6.07 Å². The lowest BCUT2D eigenvalue weighted by atomic mass is 10.2. The quantitative estimate of drug-likeness (QED) is 0.897. The molecule has 18 heavy (non-hydrogen) atoms. The molecule has 2 aromatic rings. The van der Waals surface area contributed by atoms with Crippen LogP contribution in [0.2, 0.25) is 0 Å². The van der Waals surface area contributed by atoms with Crippen LogP contribution in [0.15, 0.2) is 17.5 Å². The van der Waals surface area contributed by atoms with Crippen LogP contribution in [-0.2, 0) is 13.1 Å². The Morgan fingerprint density at radius 2 is 2.28 bits per heavy atom. The van der Waals surface area contributed by atoms with Crippen LogP contribution in [0.5, 0.6) is 0 Å². The highest BCUT2D eigenvalue weighted by Crippen LogP contribution is 2.21. The standard InChI is InChI=1S/C14H19N3S/c1-10-14(8-15-12-5-6-12)11(2)17(16-10)9-13-4-3-7-18-13/h3-4,7,12,15H,5-6,8-9H2,1-2H3. The Bertz CT molecular complexity index is 523. The Hall–Kier alpha value is -1.13. The van der Waals surface area contributed by atoms with Crippen LogP contribution in [0.25, 0.3) is 0 Å². The summed E-state index contributed by atoms with van der Waals surface area (Å²) in [4.78, 5) is 1.36. The van der Waals surface area contributed by atoms with Crippen molar-refractivity contribution in [1.29, 1.82) is 0 Å². The van der Waals surface area contributed by atoms with Crippen LogP contribution in [0.4, 0.5) is 0 Å². The van der Waals surface area contributed by atoms with Crippen molar-refractivity contribution >= 4 is 11.3 Å². The van der Waals surface area contributed by atoms with E-state index in [-0.39, 0.29) is 0 Å². The van der Waals surface area contributed by atoms with Crippen molar-refractivity contribution in [3.05, 3.63) is 39.3 Å². The van der Waals surface area contributed by atoms with E-state index in [1.54, 1.807) is 11.3 Å². The van der Waals surface area contributed by atoms with Crippen molar-refractivity contribution in [2.45, 2.75) is 45.8 Å². The molecule has 1 N–H and O–H groups in total. The summed E-state index contributed by atoms with van der Waals surface area (Å²) in [6, 6.07) is 5.02. The van der Waals surface area contributed by atoms with Gasteiger partial charge < -0.3 is 5.32 Å². The molecule has 0 spiro atoms. The molecule has 1 fully saturated rings. The molecule has 0 amide bonds. The molecule has 3 nitrogen and oxygen atoms in total. The van der Waals surface area contributed by atoms with Gasteiger partial charge in [-0.3, -0.25) is 4.68 Å². The number of thiophene rings is 1. The van der Waals surface area contributed by atoms with Gasteiger partial charge in [0.15, 0.2) is 0 Å². The number of nitrogens with one attached hydrogen (secondary N) is 1. The lowest BCUT2D eigenvalue weighted by Gasteiger charge is -2.05. The molecule has 2 aromatic heterocycles. The lowest BCUT2D eigenvalue weighted by molar-refractivity contribution is 0.657. The molecule has 96 valence electrons. The largest absolute Gasteiger partial charge is 0.310 e. The summed E-state index contributed by atoms with van der Waals surface area (Å²) in [5, 5.41) is 10.4. The van der Waals surface area contributed by atoms with E-state index in [0.717, 1.165) is 24.8 Å². The number of rotatable bonds is 5. The second-order valence-corrected chi connectivity index (χ2v) is 6.07. The molecule has 4 heteroatoms. The molecular weight excluding hydrogens is 242 g/mol. The Labute approximate surface area is 112 Å².